The van der Waals surface area contributed by atoms with Crippen LogP contribution in [-0.4, -0.2) is 12.3 Å². The number of isocyanates is 1. The first-order chi connectivity index (χ1) is 7.32. The first kappa shape index (κ1) is 10.5. The highest BCUT2D eigenvalue weighted by atomic mass is 32.2. The van der Waals surface area contributed by atoms with Crippen molar-refractivity contribution in [2.24, 2.45) is 4.99 Å². The summed E-state index contributed by atoms with van der Waals surface area (Å²) in [5.41, 5.74) is 0.925. The van der Waals surface area contributed by atoms with Crippen LogP contribution in [0.15, 0.2) is 34.2 Å². The number of nitrogens with zero attached hydrogens (tertiary/aromatic N) is 1. The Bertz CT molecular complexity index is 406. The summed E-state index contributed by atoms with van der Waals surface area (Å²) >= 11 is 1.71. The van der Waals surface area contributed by atoms with Crippen molar-refractivity contribution in [2.75, 3.05) is 6.26 Å². The molecule has 2 nitrogen and oxygen atoms in total. The van der Waals surface area contributed by atoms with E-state index in [1.54, 1.807) is 17.8 Å². The van der Waals surface area contributed by atoms with E-state index >= 15 is 0 Å². The molecule has 0 unspecified atom stereocenters. The summed E-state index contributed by atoms with van der Waals surface area (Å²) < 4.78 is 0. The number of thioether (sulfide) groups is 1. The van der Waals surface area contributed by atoms with Crippen molar-refractivity contribution in [3.63, 3.8) is 0 Å². The molecule has 0 aliphatic heterocycles. The lowest BCUT2D eigenvalue weighted by Gasteiger charge is -2.38. The lowest BCUT2D eigenvalue weighted by molar-refractivity contribution is 0.251. The van der Waals surface area contributed by atoms with Gasteiger partial charge in [0.15, 0.2) is 0 Å². The molecule has 1 aromatic carbocycles. The van der Waals surface area contributed by atoms with Crippen LogP contribution in [0.2, 0.25) is 0 Å². The fourth-order valence-electron chi connectivity index (χ4n) is 2.07. The molecule has 1 saturated carbocycles. The van der Waals surface area contributed by atoms with E-state index in [4.69, 9.17) is 0 Å². The molecule has 0 spiro atoms. The third-order valence-corrected chi connectivity index (χ3v) is 3.84. The summed E-state index contributed by atoms with van der Waals surface area (Å²) in [6.07, 6.45) is 6.87. The second kappa shape index (κ2) is 4.21. The molecule has 0 N–H and O–H groups in total. The molecule has 0 saturated heterocycles. The van der Waals surface area contributed by atoms with E-state index in [1.165, 1.54) is 10.5 Å². The van der Waals surface area contributed by atoms with Crippen molar-refractivity contribution in [3.8, 4) is 0 Å². The van der Waals surface area contributed by atoms with Crippen LogP contribution < -0.4 is 0 Å². The standard InChI is InChI=1S/C12H13NOS/c1-15-11-6-3-2-5-10(11)12(13-9-14)7-4-8-12/h2-3,5-6H,4,7-8H2,1H3. The summed E-state index contributed by atoms with van der Waals surface area (Å²) in [7, 11) is 0. The minimum Gasteiger partial charge on any atom is -0.211 e. The van der Waals surface area contributed by atoms with Crippen molar-refractivity contribution in [2.45, 2.75) is 29.7 Å². The lowest BCUT2D eigenvalue weighted by atomic mass is 9.72. The number of hydrogen-bond donors (Lipinski definition) is 0. The van der Waals surface area contributed by atoms with Gasteiger partial charge in [-0.05, 0) is 37.1 Å². The number of rotatable bonds is 3. The van der Waals surface area contributed by atoms with Gasteiger partial charge in [-0.2, -0.15) is 4.99 Å². The Labute approximate surface area is 93.8 Å². The quantitative estimate of drug-likeness (QED) is 0.444. The van der Waals surface area contributed by atoms with Gasteiger partial charge in [-0.1, -0.05) is 18.2 Å². The minimum absolute atomic E-state index is 0.263. The maximum Gasteiger partial charge on any atom is 0.235 e. The number of carbonyl (C=O) groups excluding carboxylic acids is 1. The molecule has 0 bridgehead atoms. The summed E-state index contributed by atoms with van der Waals surface area (Å²) in [4.78, 5) is 15.7. The van der Waals surface area contributed by atoms with Gasteiger partial charge in [0.1, 0.15) is 0 Å². The predicted molar refractivity (Wildman–Crippen MR) is 61.9 cm³/mol. The van der Waals surface area contributed by atoms with Crippen LogP contribution in [0.3, 0.4) is 0 Å². The van der Waals surface area contributed by atoms with Crippen molar-refractivity contribution >= 4 is 17.8 Å². The normalized spacial score (nSPS) is 17.7. The summed E-state index contributed by atoms with van der Waals surface area (Å²) in [5.74, 6) is 0. The van der Waals surface area contributed by atoms with Crippen LogP contribution in [0, 0.1) is 0 Å². The Morgan fingerprint density at radius 2 is 2.13 bits per heavy atom. The van der Waals surface area contributed by atoms with E-state index in [9.17, 15) is 4.79 Å². The Hall–Kier alpha value is -1.05. The predicted octanol–water partition coefficient (Wildman–Crippen LogP) is 3.12. The largest absolute Gasteiger partial charge is 0.235 e. The van der Waals surface area contributed by atoms with Crippen LogP contribution in [0.25, 0.3) is 0 Å². The molecule has 1 fully saturated rings. The molecule has 0 aromatic heterocycles. The molecule has 1 aromatic rings. The molecule has 0 heterocycles. The average Bonchev–Trinajstić information content (AvgIpc) is 2.23. The molecule has 78 valence electrons. The minimum atomic E-state index is -0.263. The molecule has 0 radical (unpaired) electrons. The lowest BCUT2D eigenvalue weighted by Crippen LogP contribution is -2.32. The van der Waals surface area contributed by atoms with Gasteiger partial charge in [0, 0.05) is 4.90 Å². The molecule has 0 atom stereocenters. The van der Waals surface area contributed by atoms with Crippen molar-refractivity contribution in [1.29, 1.82) is 0 Å². The maximum atomic E-state index is 10.5. The van der Waals surface area contributed by atoms with Crippen molar-refractivity contribution in [3.05, 3.63) is 29.8 Å². The molecule has 15 heavy (non-hydrogen) atoms. The van der Waals surface area contributed by atoms with E-state index in [-0.39, 0.29) is 5.54 Å². The third-order valence-electron chi connectivity index (χ3n) is 3.05. The highest BCUT2D eigenvalue weighted by Gasteiger charge is 2.40. The zero-order valence-corrected chi connectivity index (χ0v) is 9.51. The maximum absolute atomic E-state index is 10.5. The topological polar surface area (TPSA) is 29.4 Å². The zero-order valence-electron chi connectivity index (χ0n) is 8.69. The van der Waals surface area contributed by atoms with Crippen molar-refractivity contribution < 1.29 is 4.79 Å². The van der Waals surface area contributed by atoms with Gasteiger partial charge in [-0.25, -0.2) is 4.79 Å². The van der Waals surface area contributed by atoms with E-state index < -0.39 is 0 Å². The second-order valence-corrected chi connectivity index (χ2v) is 4.64. The Kier molecular flexibility index (Phi) is 2.94. The third kappa shape index (κ3) is 1.73. The SMILES string of the molecule is CSc1ccccc1C1(N=C=O)CCC1. The van der Waals surface area contributed by atoms with E-state index in [0.29, 0.717) is 0 Å². The monoisotopic (exact) mass is 219 g/mol. The van der Waals surface area contributed by atoms with Gasteiger partial charge in [-0.15, -0.1) is 11.8 Å². The van der Waals surface area contributed by atoms with Gasteiger partial charge in [-0.3, -0.25) is 0 Å². The average molecular weight is 219 g/mol. The van der Waals surface area contributed by atoms with Gasteiger partial charge < -0.3 is 0 Å². The molecular formula is C12H13NOS. The van der Waals surface area contributed by atoms with Crippen LogP contribution in [0.1, 0.15) is 24.8 Å². The Morgan fingerprint density at radius 1 is 1.40 bits per heavy atom. The number of aliphatic imine (C=N–C) groups is 1. The zero-order chi connectivity index (χ0) is 10.7. The van der Waals surface area contributed by atoms with Crippen LogP contribution >= 0.6 is 11.8 Å². The first-order valence-electron chi connectivity index (χ1n) is 5.05. The Balaban J connectivity index is 2.46. The molecular weight excluding hydrogens is 206 g/mol. The van der Waals surface area contributed by atoms with E-state index in [0.717, 1.165) is 19.3 Å². The second-order valence-electron chi connectivity index (χ2n) is 3.79. The van der Waals surface area contributed by atoms with Gasteiger partial charge in [0.05, 0.1) is 5.54 Å². The molecule has 2 rings (SSSR count). The smallest absolute Gasteiger partial charge is 0.211 e. The van der Waals surface area contributed by atoms with Crippen molar-refractivity contribution in [1.82, 2.24) is 0 Å². The fraction of sp³-hybridized carbons (Fsp3) is 0.417. The van der Waals surface area contributed by atoms with Gasteiger partial charge in [0.2, 0.25) is 6.08 Å². The number of benzene rings is 1. The number of hydrogen-bond acceptors (Lipinski definition) is 3. The molecule has 1 aliphatic rings. The summed E-state index contributed by atoms with van der Waals surface area (Å²) in [6.45, 7) is 0. The highest BCUT2D eigenvalue weighted by Crippen LogP contribution is 2.47. The highest BCUT2D eigenvalue weighted by molar-refractivity contribution is 7.98. The van der Waals surface area contributed by atoms with E-state index in [1.807, 2.05) is 12.1 Å². The fourth-order valence-corrected chi connectivity index (χ4v) is 2.76. The van der Waals surface area contributed by atoms with E-state index in [2.05, 4.69) is 23.4 Å². The van der Waals surface area contributed by atoms with Crippen LogP contribution in [0.4, 0.5) is 0 Å². The molecule has 3 heteroatoms. The molecule has 1 aliphatic carbocycles. The van der Waals surface area contributed by atoms with Gasteiger partial charge >= 0.3 is 0 Å². The molecule has 0 amide bonds. The van der Waals surface area contributed by atoms with Crippen LogP contribution in [0.5, 0.6) is 0 Å². The van der Waals surface area contributed by atoms with Gasteiger partial charge in [0.25, 0.3) is 0 Å². The summed E-state index contributed by atoms with van der Waals surface area (Å²) in [5, 5.41) is 0. The Morgan fingerprint density at radius 3 is 2.67 bits per heavy atom. The first-order valence-corrected chi connectivity index (χ1v) is 6.27. The summed E-state index contributed by atoms with van der Waals surface area (Å²) in [6, 6.07) is 8.19. The van der Waals surface area contributed by atoms with Crippen LogP contribution in [-0.2, 0) is 10.3 Å².